The Hall–Kier alpha value is -0.760. The Balaban J connectivity index is 2.25. The summed E-state index contributed by atoms with van der Waals surface area (Å²) in [5.41, 5.74) is 2.37. The topological polar surface area (TPSA) is 17.8 Å². The highest BCUT2D eigenvalue weighted by Crippen LogP contribution is 2.31. The van der Waals surface area contributed by atoms with E-state index >= 15 is 0 Å². The zero-order chi connectivity index (χ0) is 10.1. The molecule has 0 fully saturated rings. The van der Waals surface area contributed by atoms with Crippen LogP contribution >= 0.6 is 11.6 Å². The Morgan fingerprint density at radius 3 is 2.93 bits per heavy atom. The van der Waals surface area contributed by atoms with E-state index in [0.717, 1.165) is 18.5 Å². The number of halogens is 1. The van der Waals surface area contributed by atoms with E-state index in [4.69, 9.17) is 11.6 Å². The van der Waals surface area contributed by atoms with Crippen LogP contribution in [0.15, 0.2) is 18.3 Å². The van der Waals surface area contributed by atoms with Gasteiger partial charge < -0.3 is 0 Å². The molecule has 0 bridgehead atoms. The van der Waals surface area contributed by atoms with Crippen LogP contribution in [-0.2, 0) is 7.05 Å². The fourth-order valence-electron chi connectivity index (χ4n) is 1.97. The number of rotatable bonds is 1. The maximum Gasteiger partial charge on any atom is 0.0880 e. The molecule has 2 unspecified atom stereocenters. The molecule has 0 amide bonds. The van der Waals surface area contributed by atoms with Gasteiger partial charge in [0.25, 0.3) is 0 Å². The van der Waals surface area contributed by atoms with Gasteiger partial charge in [-0.15, -0.1) is 11.6 Å². The summed E-state index contributed by atoms with van der Waals surface area (Å²) in [5, 5.41) is 4.57. The van der Waals surface area contributed by atoms with Gasteiger partial charge in [-0.3, -0.25) is 4.68 Å². The fraction of sp³-hybridized carbons (Fsp3) is 0.545. The van der Waals surface area contributed by atoms with Crippen molar-refractivity contribution in [2.75, 3.05) is 0 Å². The lowest BCUT2D eigenvalue weighted by Crippen LogP contribution is -2.11. The number of hydrogen-bond donors (Lipinski definition) is 0. The lowest BCUT2D eigenvalue weighted by molar-refractivity contribution is 0.538. The molecule has 0 aliphatic heterocycles. The van der Waals surface area contributed by atoms with Crippen molar-refractivity contribution in [1.29, 1.82) is 0 Å². The average molecular weight is 211 g/mol. The van der Waals surface area contributed by atoms with E-state index in [1.54, 1.807) is 0 Å². The van der Waals surface area contributed by atoms with Crippen LogP contribution in [0.3, 0.4) is 0 Å². The van der Waals surface area contributed by atoms with Crippen molar-refractivity contribution in [2.24, 2.45) is 13.0 Å². The third-order valence-electron chi connectivity index (χ3n) is 2.62. The summed E-state index contributed by atoms with van der Waals surface area (Å²) in [6, 6.07) is 2.05. The largest absolute Gasteiger partial charge is 0.275 e. The minimum Gasteiger partial charge on any atom is -0.275 e. The van der Waals surface area contributed by atoms with E-state index in [1.165, 1.54) is 5.57 Å². The molecule has 1 aliphatic rings. The molecular formula is C11H15ClN2. The summed E-state index contributed by atoms with van der Waals surface area (Å²) in [6.45, 7) is 2.24. The summed E-state index contributed by atoms with van der Waals surface area (Å²) in [7, 11) is 1.94. The predicted octanol–water partition coefficient (Wildman–Crippen LogP) is 2.84. The second-order valence-electron chi connectivity index (χ2n) is 4.13. The first-order valence-corrected chi connectivity index (χ1v) is 5.43. The molecule has 2 rings (SSSR count). The van der Waals surface area contributed by atoms with Crippen LogP contribution < -0.4 is 0 Å². The smallest absolute Gasteiger partial charge is 0.0880 e. The molecule has 0 spiro atoms. The quantitative estimate of drug-likeness (QED) is 0.652. The summed E-state index contributed by atoms with van der Waals surface area (Å²) < 4.78 is 1.83. The standard InChI is InChI=1S/C11H15ClN2/c1-8-5-9(7-10(12)6-8)11-3-4-14(2)13-11/h3-4,7-8,10H,5-6H2,1-2H3. The molecule has 0 saturated carbocycles. The van der Waals surface area contributed by atoms with Crippen LogP contribution in [0, 0.1) is 5.92 Å². The Bertz CT molecular complexity index is 354. The first-order chi connectivity index (χ1) is 6.65. The second kappa shape index (κ2) is 3.77. The molecule has 1 aliphatic carbocycles. The van der Waals surface area contributed by atoms with Crippen LogP contribution in [0.4, 0.5) is 0 Å². The van der Waals surface area contributed by atoms with Gasteiger partial charge in [0.05, 0.1) is 11.1 Å². The van der Waals surface area contributed by atoms with E-state index in [2.05, 4.69) is 18.1 Å². The van der Waals surface area contributed by atoms with Crippen molar-refractivity contribution < 1.29 is 0 Å². The number of allylic oxidation sites excluding steroid dienone is 2. The van der Waals surface area contributed by atoms with Crippen molar-refractivity contribution in [1.82, 2.24) is 9.78 Å². The summed E-state index contributed by atoms with van der Waals surface area (Å²) >= 11 is 6.15. The van der Waals surface area contributed by atoms with Crippen molar-refractivity contribution in [3.63, 3.8) is 0 Å². The van der Waals surface area contributed by atoms with E-state index < -0.39 is 0 Å². The number of nitrogens with zero attached hydrogens (tertiary/aromatic N) is 2. The van der Waals surface area contributed by atoms with Crippen molar-refractivity contribution in [3.05, 3.63) is 24.0 Å². The monoisotopic (exact) mass is 210 g/mol. The Labute approximate surface area is 89.6 Å². The highest BCUT2D eigenvalue weighted by atomic mass is 35.5. The molecule has 2 nitrogen and oxygen atoms in total. The summed E-state index contributed by atoms with van der Waals surface area (Å²) in [6.07, 6.45) is 6.29. The SMILES string of the molecule is CC1CC(c2ccn(C)n2)=CC(Cl)C1. The molecule has 0 saturated heterocycles. The fourth-order valence-corrected chi connectivity index (χ4v) is 2.43. The third kappa shape index (κ3) is 2.01. The minimum atomic E-state index is 0.177. The molecule has 1 heterocycles. The van der Waals surface area contributed by atoms with Crippen molar-refractivity contribution in [3.8, 4) is 0 Å². The molecule has 2 atom stereocenters. The Kier molecular flexibility index (Phi) is 2.64. The second-order valence-corrected chi connectivity index (χ2v) is 4.69. The van der Waals surface area contributed by atoms with E-state index in [-0.39, 0.29) is 5.38 Å². The molecule has 76 valence electrons. The lowest BCUT2D eigenvalue weighted by Gasteiger charge is -2.21. The van der Waals surface area contributed by atoms with Gasteiger partial charge in [0.15, 0.2) is 0 Å². The van der Waals surface area contributed by atoms with E-state index in [9.17, 15) is 0 Å². The van der Waals surface area contributed by atoms with Crippen molar-refractivity contribution >= 4 is 17.2 Å². The Morgan fingerprint density at radius 2 is 2.36 bits per heavy atom. The van der Waals surface area contributed by atoms with Crippen LogP contribution in [0.1, 0.15) is 25.5 Å². The minimum absolute atomic E-state index is 0.177. The highest BCUT2D eigenvalue weighted by Gasteiger charge is 2.19. The molecule has 0 N–H and O–H groups in total. The summed E-state index contributed by atoms with van der Waals surface area (Å²) in [5.74, 6) is 0.666. The van der Waals surface area contributed by atoms with Gasteiger partial charge in [-0.05, 0) is 30.4 Å². The van der Waals surface area contributed by atoms with E-state index in [1.807, 2.05) is 24.0 Å². The maximum absolute atomic E-state index is 6.15. The van der Waals surface area contributed by atoms with Gasteiger partial charge >= 0.3 is 0 Å². The van der Waals surface area contributed by atoms with E-state index in [0.29, 0.717) is 5.92 Å². The zero-order valence-electron chi connectivity index (χ0n) is 8.57. The number of aryl methyl sites for hydroxylation is 1. The van der Waals surface area contributed by atoms with Crippen LogP contribution in [0.25, 0.3) is 5.57 Å². The van der Waals surface area contributed by atoms with Crippen LogP contribution in [0.5, 0.6) is 0 Å². The molecule has 0 aromatic carbocycles. The van der Waals surface area contributed by atoms with Crippen molar-refractivity contribution in [2.45, 2.75) is 25.1 Å². The predicted molar refractivity (Wildman–Crippen MR) is 59.2 cm³/mol. The maximum atomic E-state index is 6.15. The lowest BCUT2D eigenvalue weighted by atomic mass is 9.88. The average Bonchev–Trinajstić information content (AvgIpc) is 2.50. The normalized spacial score (nSPS) is 27.5. The number of hydrogen-bond acceptors (Lipinski definition) is 1. The van der Waals surface area contributed by atoms with Gasteiger partial charge in [-0.1, -0.05) is 13.0 Å². The van der Waals surface area contributed by atoms with Gasteiger partial charge in [-0.2, -0.15) is 5.10 Å². The number of alkyl halides is 1. The van der Waals surface area contributed by atoms with Gasteiger partial charge in [0.1, 0.15) is 0 Å². The Morgan fingerprint density at radius 1 is 1.57 bits per heavy atom. The first-order valence-electron chi connectivity index (χ1n) is 5.00. The van der Waals surface area contributed by atoms with Gasteiger partial charge in [-0.25, -0.2) is 0 Å². The van der Waals surface area contributed by atoms with Crippen LogP contribution in [-0.4, -0.2) is 15.2 Å². The third-order valence-corrected chi connectivity index (χ3v) is 2.92. The molecule has 0 radical (unpaired) electrons. The molecule has 14 heavy (non-hydrogen) atoms. The number of aromatic nitrogens is 2. The molecule has 1 aromatic heterocycles. The molecule has 1 aromatic rings. The zero-order valence-corrected chi connectivity index (χ0v) is 9.33. The van der Waals surface area contributed by atoms with Gasteiger partial charge in [0, 0.05) is 13.2 Å². The first kappa shape index (κ1) is 9.78. The van der Waals surface area contributed by atoms with Gasteiger partial charge in [0.2, 0.25) is 0 Å². The molecule has 3 heteroatoms. The van der Waals surface area contributed by atoms with Crippen LogP contribution in [0.2, 0.25) is 0 Å². The summed E-state index contributed by atoms with van der Waals surface area (Å²) in [4.78, 5) is 0. The highest BCUT2D eigenvalue weighted by molar-refractivity contribution is 6.22. The molecular weight excluding hydrogens is 196 g/mol.